The fourth-order valence-electron chi connectivity index (χ4n) is 2.53. The predicted octanol–water partition coefficient (Wildman–Crippen LogP) is 2.76. The van der Waals surface area contributed by atoms with Crippen molar-refractivity contribution in [3.05, 3.63) is 41.3 Å². The third kappa shape index (κ3) is 4.24. The molecular formula is C18H20N2O4S2. The minimum absolute atomic E-state index is 0.292. The highest BCUT2D eigenvalue weighted by Gasteiger charge is 2.34. The molecule has 0 unspecified atom stereocenters. The lowest BCUT2D eigenvalue weighted by molar-refractivity contribution is 0.140. The van der Waals surface area contributed by atoms with Gasteiger partial charge in [0, 0.05) is 4.88 Å². The molecule has 8 heteroatoms. The Balaban J connectivity index is 1.67. The molecule has 0 aliphatic carbocycles. The molecule has 1 fully saturated rings. The highest BCUT2D eigenvalue weighted by atomic mass is 32.2. The van der Waals surface area contributed by atoms with Gasteiger partial charge >= 0.3 is 0 Å². The summed E-state index contributed by atoms with van der Waals surface area (Å²) in [6, 6.07) is 13.0. The molecule has 6 nitrogen and oxygen atoms in total. The molecule has 1 aromatic carbocycles. The lowest BCUT2D eigenvalue weighted by atomic mass is 10.2. The van der Waals surface area contributed by atoms with Crippen LogP contribution in [0.5, 0.6) is 5.75 Å². The van der Waals surface area contributed by atoms with Crippen LogP contribution in [-0.2, 0) is 14.8 Å². The molecule has 1 aromatic heterocycles. The van der Waals surface area contributed by atoms with Crippen LogP contribution in [0.2, 0.25) is 0 Å². The Kier molecular flexibility index (Phi) is 5.63. The maximum Gasteiger partial charge on any atom is 0.214 e. The van der Waals surface area contributed by atoms with E-state index in [1.807, 2.05) is 30.3 Å². The van der Waals surface area contributed by atoms with Crippen molar-refractivity contribution in [3.63, 3.8) is 0 Å². The number of ether oxygens (including phenoxy) is 2. The molecule has 0 bridgehead atoms. The van der Waals surface area contributed by atoms with Crippen LogP contribution in [0.15, 0.2) is 36.4 Å². The Labute approximate surface area is 157 Å². The quantitative estimate of drug-likeness (QED) is 0.817. The Morgan fingerprint density at radius 3 is 2.58 bits per heavy atom. The van der Waals surface area contributed by atoms with Gasteiger partial charge in [-0.05, 0) is 55.8 Å². The zero-order valence-electron chi connectivity index (χ0n) is 14.5. The summed E-state index contributed by atoms with van der Waals surface area (Å²) in [5.74, 6) is 0.648. The van der Waals surface area contributed by atoms with E-state index in [0.717, 1.165) is 10.4 Å². The van der Waals surface area contributed by atoms with Crippen molar-refractivity contribution < 1.29 is 17.9 Å². The molecule has 1 aliphatic rings. The number of hydrogen-bond acceptors (Lipinski definition) is 6. The first kappa shape index (κ1) is 18.9. The van der Waals surface area contributed by atoms with Crippen molar-refractivity contribution in [2.75, 3.05) is 13.2 Å². The van der Waals surface area contributed by atoms with Gasteiger partial charge in [-0.25, -0.2) is 13.1 Å². The van der Waals surface area contributed by atoms with Gasteiger partial charge in [0.1, 0.15) is 22.8 Å². The second kappa shape index (κ2) is 7.76. The van der Waals surface area contributed by atoms with Crippen molar-refractivity contribution >= 4 is 21.4 Å². The standard InChI is InChI=1S/C18H20N2O4S2/c1-12(2)26(21,22)20-16-10-23-11-17(16)24-14-5-3-13(4-6-14)18-8-7-15(9-19)25-18/h3-8,12,16-17,20H,10-11H2,1-2H3/t16-,17+/m0/s1. The van der Waals surface area contributed by atoms with E-state index < -0.39 is 21.3 Å². The lowest BCUT2D eigenvalue weighted by Gasteiger charge is -2.21. The third-order valence-electron chi connectivity index (χ3n) is 4.11. The van der Waals surface area contributed by atoms with Crippen LogP contribution in [0.1, 0.15) is 18.7 Å². The summed E-state index contributed by atoms with van der Waals surface area (Å²) in [6.07, 6.45) is -0.374. The zero-order valence-corrected chi connectivity index (χ0v) is 16.1. The highest BCUT2D eigenvalue weighted by Crippen LogP contribution is 2.29. The van der Waals surface area contributed by atoms with Crippen molar-refractivity contribution in [2.24, 2.45) is 0 Å². The molecule has 2 heterocycles. The Bertz CT molecular complexity index is 898. The Hall–Kier alpha value is -1.92. The molecule has 138 valence electrons. The summed E-state index contributed by atoms with van der Waals surface area (Å²) in [7, 11) is -3.38. The van der Waals surface area contributed by atoms with Crippen molar-refractivity contribution in [3.8, 4) is 22.3 Å². The average Bonchev–Trinajstić information content (AvgIpc) is 3.25. The van der Waals surface area contributed by atoms with Crippen molar-refractivity contribution in [2.45, 2.75) is 31.2 Å². The van der Waals surface area contributed by atoms with E-state index in [2.05, 4.69) is 10.8 Å². The van der Waals surface area contributed by atoms with Crippen LogP contribution < -0.4 is 9.46 Å². The van der Waals surface area contributed by atoms with E-state index in [-0.39, 0.29) is 6.10 Å². The molecule has 1 saturated heterocycles. The van der Waals surface area contributed by atoms with Crippen LogP contribution in [0.3, 0.4) is 0 Å². The first-order valence-electron chi connectivity index (χ1n) is 8.25. The monoisotopic (exact) mass is 392 g/mol. The Morgan fingerprint density at radius 1 is 1.23 bits per heavy atom. The van der Waals surface area contributed by atoms with E-state index >= 15 is 0 Å². The van der Waals surface area contributed by atoms with Crippen LogP contribution in [0, 0.1) is 11.3 Å². The molecule has 0 spiro atoms. The molecule has 0 saturated carbocycles. The van der Waals surface area contributed by atoms with Gasteiger partial charge in [-0.15, -0.1) is 11.3 Å². The number of nitriles is 1. The fraction of sp³-hybridized carbons (Fsp3) is 0.389. The first-order chi connectivity index (χ1) is 12.4. The maximum absolute atomic E-state index is 12.1. The fourth-order valence-corrected chi connectivity index (χ4v) is 4.26. The van der Waals surface area contributed by atoms with E-state index in [9.17, 15) is 8.42 Å². The van der Waals surface area contributed by atoms with Gasteiger partial charge in [0.15, 0.2) is 0 Å². The summed E-state index contributed by atoms with van der Waals surface area (Å²) in [6.45, 7) is 3.90. The van der Waals surface area contributed by atoms with Crippen molar-refractivity contribution in [1.82, 2.24) is 4.72 Å². The molecule has 0 radical (unpaired) electrons. The molecule has 26 heavy (non-hydrogen) atoms. The number of nitrogens with zero attached hydrogens (tertiary/aromatic N) is 1. The minimum Gasteiger partial charge on any atom is -0.486 e. The number of sulfonamides is 1. The largest absolute Gasteiger partial charge is 0.486 e. The molecule has 1 N–H and O–H groups in total. The smallest absolute Gasteiger partial charge is 0.214 e. The van der Waals surface area contributed by atoms with Crippen LogP contribution in [0.4, 0.5) is 0 Å². The van der Waals surface area contributed by atoms with Gasteiger partial charge in [-0.2, -0.15) is 5.26 Å². The number of benzene rings is 1. The molecule has 2 atom stereocenters. The topological polar surface area (TPSA) is 88.4 Å². The Morgan fingerprint density at radius 2 is 1.96 bits per heavy atom. The second-order valence-corrected chi connectivity index (χ2v) is 9.66. The van der Waals surface area contributed by atoms with Gasteiger partial charge in [-0.1, -0.05) is 0 Å². The van der Waals surface area contributed by atoms with E-state index in [1.54, 1.807) is 19.9 Å². The molecule has 2 aromatic rings. The van der Waals surface area contributed by atoms with Crippen LogP contribution >= 0.6 is 11.3 Å². The second-order valence-electron chi connectivity index (χ2n) is 6.31. The minimum atomic E-state index is -3.38. The van der Waals surface area contributed by atoms with Gasteiger partial charge < -0.3 is 9.47 Å². The highest BCUT2D eigenvalue weighted by molar-refractivity contribution is 7.90. The van der Waals surface area contributed by atoms with Crippen LogP contribution in [0.25, 0.3) is 10.4 Å². The molecular weight excluding hydrogens is 372 g/mol. The summed E-state index contributed by atoms with van der Waals surface area (Å²) in [5, 5.41) is 8.41. The SMILES string of the molecule is CC(C)S(=O)(=O)N[C@H]1COC[C@H]1Oc1ccc(-c2ccc(C#N)s2)cc1. The van der Waals surface area contributed by atoms with E-state index in [1.165, 1.54) is 11.3 Å². The average molecular weight is 393 g/mol. The molecule has 0 amide bonds. The zero-order chi connectivity index (χ0) is 18.7. The number of hydrogen-bond donors (Lipinski definition) is 1. The lowest BCUT2D eigenvalue weighted by Crippen LogP contribution is -2.47. The summed E-state index contributed by atoms with van der Waals surface area (Å²) in [5.41, 5.74) is 1.00. The van der Waals surface area contributed by atoms with Gasteiger partial charge in [0.05, 0.1) is 24.5 Å². The van der Waals surface area contributed by atoms with E-state index in [4.69, 9.17) is 14.7 Å². The summed E-state index contributed by atoms with van der Waals surface area (Å²) in [4.78, 5) is 1.68. The summed E-state index contributed by atoms with van der Waals surface area (Å²) >= 11 is 1.44. The number of nitrogens with one attached hydrogen (secondary N) is 1. The predicted molar refractivity (Wildman–Crippen MR) is 101 cm³/mol. The normalized spacial score (nSPS) is 20.2. The van der Waals surface area contributed by atoms with Crippen molar-refractivity contribution in [1.29, 1.82) is 5.26 Å². The number of thiophene rings is 1. The summed E-state index contributed by atoms with van der Waals surface area (Å²) < 4.78 is 38.1. The van der Waals surface area contributed by atoms with Gasteiger partial charge in [0.25, 0.3) is 0 Å². The van der Waals surface area contributed by atoms with E-state index in [0.29, 0.717) is 23.8 Å². The maximum atomic E-state index is 12.1. The van der Waals surface area contributed by atoms with Gasteiger partial charge in [-0.3, -0.25) is 0 Å². The molecule has 3 rings (SSSR count). The van der Waals surface area contributed by atoms with Gasteiger partial charge in [0.2, 0.25) is 10.0 Å². The third-order valence-corrected chi connectivity index (χ3v) is 7.02. The number of rotatable bonds is 6. The molecule has 1 aliphatic heterocycles. The van der Waals surface area contributed by atoms with Crippen LogP contribution in [-0.4, -0.2) is 39.0 Å². The first-order valence-corrected chi connectivity index (χ1v) is 10.6.